The fraction of sp³-hybridized carbons (Fsp3) is 0.190. The molecule has 0 saturated heterocycles. The number of aromatic nitrogens is 2. The summed E-state index contributed by atoms with van der Waals surface area (Å²) in [4.78, 5) is 26.6. The Kier molecular flexibility index (Phi) is 3.68. The number of rotatable bonds is 2. The number of fused-ring (bicyclic) bond motifs is 2. The Morgan fingerprint density at radius 3 is 2.79 bits per heavy atom. The van der Waals surface area contributed by atoms with E-state index in [0.29, 0.717) is 29.2 Å². The summed E-state index contributed by atoms with van der Waals surface area (Å²) >= 11 is 0. The summed E-state index contributed by atoms with van der Waals surface area (Å²) in [7, 11) is 0. The van der Waals surface area contributed by atoms with Gasteiger partial charge in [0.1, 0.15) is 5.75 Å². The number of amides is 2. The number of nitrogens with one attached hydrogen (secondary N) is 2. The molecule has 0 aliphatic carbocycles. The lowest BCUT2D eigenvalue weighted by Gasteiger charge is -2.32. The largest absolute Gasteiger partial charge is 0.479 e. The van der Waals surface area contributed by atoms with Crippen molar-refractivity contribution in [2.24, 2.45) is 0 Å². The minimum atomic E-state index is -0.583. The first kappa shape index (κ1) is 16.6. The molecule has 0 saturated carbocycles. The number of carbonyl (C=O) groups is 2. The summed E-state index contributed by atoms with van der Waals surface area (Å²) in [6.45, 7) is 2.40. The summed E-state index contributed by atoms with van der Waals surface area (Å²) in [5.74, 6) is 0.428. The van der Waals surface area contributed by atoms with E-state index < -0.39 is 6.10 Å². The smallest absolute Gasteiger partial charge is 0.272 e. The lowest BCUT2D eigenvalue weighted by atomic mass is 9.94. The van der Waals surface area contributed by atoms with E-state index in [9.17, 15) is 9.59 Å². The summed E-state index contributed by atoms with van der Waals surface area (Å²) in [6, 6.07) is 11.6. The van der Waals surface area contributed by atoms with Gasteiger partial charge in [0, 0.05) is 18.3 Å². The fourth-order valence-corrected chi connectivity index (χ4v) is 3.74. The number of carbonyl (C=O) groups excluding carboxylic acids is 2. The number of ether oxygens (including phenoxy) is 1. The molecule has 2 aliphatic rings. The van der Waals surface area contributed by atoms with Gasteiger partial charge < -0.3 is 10.1 Å². The third kappa shape index (κ3) is 2.55. The lowest BCUT2D eigenvalue weighted by molar-refractivity contribution is -0.124. The van der Waals surface area contributed by atoms with Crippen LogP contribution in [0.5, 0.6) is 5.75 Å². The van der Waals surface area contributed by atoms with Gasteiger partial charge in [-0.2, -0.15) is 5.10 Å². The van der Waals surface area contributed by atoms with Crippen molar-refractivity contribution >= 4 is 23.2 Å². The van der Waals surface area contributed by atoms with Crippen molar-refractivity contribution in [3.05, 3.63) is 59.9 Å². The molecule has 3 aromatic rings. The van der Waals surface area contributed by atoms with Crippen LogP contribution in [0.15, 0.2) is 48.8 Å². The number of nitrogens with zero attached hydrogens (tertiary/aromatic N) is 2. The predicted molar refractivity (Wildman–Crippen MR) is 104 cm³/mol. The van der Waals surface area contributed by atoms with Crippen LogP contribution in [0.2, 0.25) is 0 Å². The molecule has 0 fully saturated rings. The van der Waals surface area contributed by atoms with Crippen LogP contribution in [0.3, 0.4) is 0 Å². The molecule has 0 spiro atoms. The Labute approximate surface area is 161 Å². The van der Waals surface area contributed by atoms with Crippen molar-refractivity contribution in [1.82, 2.24) is 15.5 Å². The van der Waals surface area contributed by atoms with Crippen molar-refractivity contribution in [2.45, 2.75) is 19.4 Å². The third-order valence-corrected chi connectivity index (χ3v) is 5.18. The monoisotopic (exact) mass is 374 g/mol. The van der Waals surface area contributed by atoms with Crippen LogP contribution >= 0.6 is 0 Å². The molecular weight excluding hydrogens is 356 g/mol. The van der Waals surface area contributed by atoms with Crippen molar-refractivity contribution in [1.29, 1.82) is 0 Å². The average molecular weight is 374 g/mol. The van der Waals surface area contributed by atoms with Crippen molar-refractivity contribution in [3.63, 3.8) is 0 Å². The first-order chi connectivity index (χ1) is 13.6. The zero-order valence-corrected chi connectivity index (χ0v) is 15.2. The van der Waals surface area contributed by atoms with Crippen molar-refractivity contribution in [3.8, 4) is 16.9 Å². The van der Waals surface area contributed by atoms with E-state index in [0.717, 1.165) is 23.1 Å². The lowest BCUT2D eigenvalue weighted by Crippen LogP contribution is -2.41. The Morgan fingerprint density at radius 1 is 1.14 bits per heavy atom. The zero-order valence-electron chi connectivity index (χ0n) is 15.2. The van der Waals surface area contributed by atoms with Gasteiger partial charge in [0.25, 0.3) is 11.8 Å². The number of anilines is 2. The van der Waals surface area contributed by atoms with E-state index in [4.69, 9.17) is 4.74 Å². The maximum atomic E-state index is 12.8. The molecule has 1 aromatic heterocycles. The van der Waals surface area contributed by atoms with Crippen molar-refractivity contribution < 1.29 is 14.3 Å². The Balaban J connectivity index is 1.62. The van der Waals surface area contributed by atoms with Gasteiger partial charge in [-0.05, 0) is 48.2 Å². The van der Waals surface area contributed by atoms with Crippen LogP contribution in [-0.2, 0) is 11.2 Å². The van der Waals surface area contributed by atoms with Crippen LogP contribution in [0, 0.1) is 0 Å². The first-order valence-electron chi connectivity index (χ1n) is 9.17. The molecule has 0 bridgehead atoms. The molecule has 140 valence electrons. The van der Waals surface area contributed by atoms with Crippen molar-refractivity contribution in [2.75, 3.05) is 11.4 Å². The quantitative estimate of drug-likeness (QED) is 0.722. The van der Waals surface area contributed by atoms with Crippen LogP contribution < -0.4 is 15.0 Å². The number of aromatic amines is 1. The van der Waals surface area contributed by atoms with Crippen LogP contribution in [0.4, 0.5) is 11.4 Å². The van der Waals surface area contributed by atoms with E-state index in [1.807, 2.05) is 36.4 Å². The molecule has 1 atom stereocenters. The van der Waals surface area contributed by atoms with Crippen LogP contribution in [-0.4, -0.2) is 34.7 Å². The summed E-state index contributed by atoms with van der Waals surface area (Å²) in [5, 5.41) is 9.59. The molecule has 5 rings (SSSR count). The Morgan fingerprint density at radius 2 is 1.96 bits per heavy atom. The van der Waals surface area contributed by atoms with E-state index in [1.165, 1.54) is 0 Å². The SMILES string of the molecule is CC1Oc2ccc(-c3ccc4c(c3)C(=O)NCC4)cc2N(c2cn[nH]c2)C1=O. The van der Waals surface area contributed by atoms with E-state index in [-0.39, 0.29) is 11.8 Å². The topological polar surface area (TPSA) is 87.3 Å². The van der Waals surface area contributed by atoms with Crippen LogP contribution in [0.25, 0.3) is 11.1 Å². The normalized spacial score (nSPS) is 18.2. The molecule has 7 heteroatoms. The maximum Gasteiger partial charge on any atom is 0.272 e. The number of hydrogen-bond acceptors (Lipinski definition) is 4. The van der Waals surface area contributed by atoms with E-state index in [2.05, 4.69) is 15.5 Å². The van der Waals surface area contributed by atoms with Crippen LogP contribution in [0.1, 0.15) is 22.8 Å². The standard InChI is InChI=1S/C21H18N4O3/c1-12-21(27)25(16-10-23-24-11-16)18-9-15(4-5-19(18)28-12)14-3-2-13-6-7-22-20(26)17(13)8-14/h2-5,8-12H,6-7H2,1H3,(H,22,26)(H,23,24). The second-order valence-corrected chi connectivity index (χ2v) is 6.95. The minimum absolute atomic E-state index is 0.0478. The third-order valence-electron chi connectivity index (χ3n) is 5.18. The van der Waals surface area contributed by atoms with Gasteiger partial charge in [0.05, 0.1) is 17.6 Å². The molecule has 2 N–H and O–H groups in total. The highest BCUT2D eigenvalue weighted by Gasteiger charge is 2.33. The second kappa shape index (κ2) is 6.23. The molecule has 7 nitrogen and oxygen atoms in total. The molecule has 2 aliphatic heterocycles. The molecule has 1 unspecified atom stereocenters. The number of hydrogen-bond donors (Lipinski definition) is 2. The maximum absolute atomic E-state index is 12.8. The summed E-state index contributed by atoms with van der Waals surface area (Å²) in [6.07, 6.45) is 3.53. The molecule has 2 amide bonds. The van der Waals surface area contributed by atoms with E-state index >= 15 is 0 Å². The second-order valence-electron chi connectivity index (χ2n) is 6.95. The van der Waals surface area contributed by atoms with Gasteiger partial charge >= 0.3 is 0 Å². The molecule has 3 heterocycles. The minimum Gasteiger partial charge on any atom is -0.479 e. The molecule has 2 aromatic carbocycles. The average Bonchev–Trinajstić information content (AvgIpc) is 3.23. The molecule has 28 heavy (non-hydrogen) atoms. The Bertz CT molecular complexity index is 1090. The van der Waals surface area contributed by atoms with Gasteiger partial charge in [-0.1, -0.05) is 18.2 Å². The first-order valence-corrected chi connectivity index (χ1v) is 9.17. The van der Waals surface area contributed by atoms with Gasteiger partial charge in [0.15, 0.2) is 6.10 Å². The van der Waals surface area contributed by atoms with Gasteiger partial charge in [-0.15, -0.1) is 0 Å². The number of benzene rings is 2. The Hall–Kier alpha value is -3.61. The highest BCUT2D eigenvalue weighted by molar-refractivity contribution is 6.06. The summed E-state index contributed by atoms with van der Waals surface area (Å²) in [5.41, 5.74) is 4.88. The molecular formula is C21H18N4O3. The van der Waals surface area contributed by atoms with E-state index in [1.54, 1.807) is 24.2 Å². The highest BCUT2D eigenvalue weighted by atomic mass is 16.5. The fourth-order valence-electron chi connectivity index (χ4n) is 3.74. The molecule has 0 radical (unpaired) electrons. The van der Waals surface area contributed by atoms with Gasteiger partial charge in [-0.25, -0.2) is 0 Å². The zero-order chi connectivity index (χ0) is 19.3. The highest BCUT2D eigenvalue weighted by Crippen LogP contribution is 2.41. The number of H-pyrrole nitrogens is 1. The van der Waals surface area contributed by atoms with Gasteiger partial charge in [-0.3, -0.25) is 19.6 Å². The van der Waals surface area contributed by atoms with Gasteiger partial charge in [0.2, 0.25) is 0 Å². The summed E-state index contributed by atoms with van der Waals surface area (Å²) < 4.78 is 5.78. The predicted octanol–water partition coefficient (Wildman–Crippen LogP) is 2.81.